The van der Waals surface area contributed by atoms with Crippen LogP contribution >= 0.6 is 0 Å². The first-order chi connectivity index (χ1) is 10.1. The Bertz CT molecular complexity index is 549. The lowest BCUT2D eigenvalue weighted by molar-refractivity contribution is -0.121. The van der Waals surface area contributed by atoms with E-state index in [9.17, 15) is 9.90 Å². The molecule has 0 amide bonds. The smallest absolute Gasteiger partial charge is 0.169 e. The van der Waals surface area contributed by atoms with E-state index in [-0.39, 0.29) is 18.0 Å². The number of hydrogen-bond acceptors (Lipinski definition) is 3. The van der Waals surface area contributed by atoms with Crippen LogP contribution in [0.4, 0.5) is 0 Å². The molecule has 0 spiro atoms. The lowest BCUT2D eigenvalue weighted by atomic mass is 9.83. The molecule has 0 radical (unpaired) electrons. The molecule has 0 aromatic heterocycles. The van der Waals surface area contributed by atoms with Crippen LogP contribution in [0.15, 0.2) is 48.1 Å². The van der Waals surface area contributed by atoms with Crippen LogP contribution in [-0.2, 0) is 9.53 Å². The van der Waals surface area contributed by atoms with Crippen LogP contribution in [0.5, 0.6) is 0 Å². The summed E-state index contributed by atoms with van der Waals surface area (Å²) in [6.07, 6.45) is 5.68. The second-order valence-electron chi connectivity index (χ2n) is 5.31. The molecule has 1 aromatic carbocycles. The average molecular weight is 286 g/mol. The molecule has 0 fully saturated rings. The van der Waals surface area contributed by atoms with E-state index in [2.05, 4.69) is 6.92 Å². The van der Waals surface area contributed by atoms with Crippen LogP contribution < -0.4 is 0 Å². The maximum Gasteiger partial charge on any atom is 0.169 e. The van der Waals surface area contributed by atoms with E-state index in [4.69, 9.17) is 4.74 Å². The van der Waals surface area contributed by atoms with Gasteiger partial charge in [-0.1, -0.05) is 49.8 Å². The number of hydrogen-bond donors (Lipinski definition) is 1. The predicted molar refractivity (Wildman–Crippen MR) is 84.0 cm³/mol. The first-order valence-corrected chi connectivity index (χ1v) is 7.47. The van der Waals surface area contributed by atoms with Gasteiger partial charge in [-0.05, 0) is 19.4 Å². The van der Waals surface area contributed by atoms with Crippen molar-refractivity contribution in [1.82, 2.24) is 0 Å². The van der Waals surface area contributed by atoms with Gasteiger partial charge in [-0.25, -0.2) is 0 Å². The molecule has 0 aliphatic heterocycles. The van der Waals surface area contributed by atoms with E-state index in [0.29, 0.717) is 17.7 Å². The largest absolute Gasteiger partial charge is 0.507 e. The second-order valence-corrected chi connectivity index (χ2v) is 5.31. The van der Waals surface area contributed by atoms with E-state index in [1.54, 1.807) is 18.2 Å². The summed E-state index contributed by atoms with van der Waals surface area (Å²) in [5.41, 5.74) is 0.513. The standard InChI is InChI=1S/C18H22O3/c1-3-11-18(21-4-2)12-10-15(16(19)13-18)17(20)14-8-6-5-7-9-14/h5-10,12,20H,3-4,11,13H2,1-2H3. The first kappa shape index (κ1) is 15.5. The van der Waals surface area contributed by atoms with Gasteiger partial charge in [-0.3, -0.25) is 4.79 Å². The molecule has 0 bridgehead atoms. The van der Waals surface area contributed by atoms with Crippen molar-refractivity contribution < 1.29 is 14.6 Å². The van der Waals surface area contributed by atoms with Gasteiger partial charge in [0.25, 0.3) is 0 Å². The second kappa shape index (κ2) is 6.72. The summed E-state index contributed by atoms with van der Waals surface area (Å²) in [4.78, 5) is 12.4. The molecule has 1 aliphatic rings. The van der Waals surface area contributed by atoms with Crippen molar-refractivity contribution in [3.05, 3.63) is 53.6 Å². The SMILES string of the molecule is CCCC1(OCC)C=CC(=C(O)c2ccccc2)C(=O)C1. The third-order valence-electron chi connectivity index (χ3n) is 3.72. The summed E-state index contributed by atoms with van der Waals surface area (Å²) in [5.74, 6) is -0.0285. The van der Waals surface area contributed by atoms with Gasteiger partial charge >= 0.3 is 0 Å². The first-order valence-electron chi connectivity index (χ1n) is 7.47. The fraction of sp³-hybridized carbons (Fsp3) is 0.389. The third-order valence-corrected chi connectivity index (χ3v) is 3.72. The zero-order valence-corrected chi connectivity index (χ0v) is 12.6. The molecule has 0 saturated heterocycles. The number of allylic oxidation sites excluding steroid dienone is 2. The summed E-state index contributed by atoms with van der Waals surface area (Å²) in [6, 6.07) is 9.14. The van der Waals surface area contributed by atoms with Crippen LogP contribution in [0.2, 0.25) is 0 Å². The lowest BCUT2D eigenvalue weighted by Crippen LogP contribution is -2.36. The van der Waals surface area contributed by atoms with E-state index >= 15 is 0 Å². The fourth-order valence-electron chi connectivity index (χ4n) is 2.77. The van der Waals surface area contributed by atoms with E-state index in [1.165, 1.54) is 0 Å². The molecule has 2 rings (SSSR count). The molecule has 1 unspecified atom stereocenters. The minimum Gasteiger partial charge on any atom is -0.507 e. The number of rotatable bonds is 5. The van der Waals surface area contributed by atoms with Crippen molar-refractivity contribution in [2.24, 2.45) is 0 Å². The van der Waals surface area contributed by atoms with Crippen LogP contribution in [0.25, 0.3) is 5.76 Å². The summed E-state index contributed by atoms with van der Waals surface area (Å²) >= 11 is 0. The van der Waals surface area contributed by atoms with Crippen LogP contribution in [0, 0.1) is 0 Å². The number of aliphatic hydroxyl groups is 1. The van der Waals surface area contributed by atoms with Gasteiger partial charge in [0.15, 0.2) is 5.78 Å². The Morgan fingerprint density at radius 1 is 1.29 bits per heavy atom. The van der Waals surface area contributed by atoms with Crippen molar-refractivity contribution in [2.45, 2.75) is 38.7 Å². The summed E-state index contributed by atoms with van der Waals surface area (Å²) in [5, 5.41) is 10.3. The van der Waals surface area contributed by atoms with Gasteiger partial charge < -0.3 is 9.84 Å². The molecular weight excluding hydrogens is 264 g/mol. The molecule has 21 heavy (non-hydrogen) atoms. The van der Waals surface area contributed by atoms with Gasteiger partial charge in [-0.15, -0.1) is 0 Å². The number of aliphatic hydroxyl groups excluding tert-OH is 1. The maximum absolute atomic E-state index is 12.4. The summed E-state index contributed by atoms with van der Waals surface area (Å²) in [7, 11) is 0. The van der Waals surface area contributed by atoms with Gasteiger partial charge in [0.2, 0.25) is 0 Å². The van der Waals surface area contributed by atoms with Gasteiger partial charge in [0, 0.05) is 18.6 Å². The highest BCUT2D eigenvalue weighted by Gasteiger charge is 2.35. The average Bonchev–Trinajstić information content (AvgIpc) is 2.48. The van der Waals surface area contributed by atoms with Gasteiger partial charge in [0.1, 0.15) is 5.76 Å². The number of ether oxygens (including phenoxy) is 1. The molecule has 3 heteroatoms. The van der Waals surface area contributed by atoms with Crippen LogP contribution in [0.3, 0.4) is 0 Å². The van der Waals surface area contributed by atoms with E-state index < -0.39 is 5.60 Å². The number of ketones is 1. The summed E-state index contributed by atoms with van der Waals surface area (Å²) in [6.45, 7) is 4.58. The van der Waals surface area contributed by atoms with Crippen LogP contribution in [0.1, 0.15) is 38.7 Å². The van der Waals surface area contributed by atoms with Crippen molar-refractivity contribution in [2.75, 3.05) is 6.61 Å². The molecule has 1 aromatic rings. The molecule has 0 heterocycles. The Hall–Kier alpha value is -1.87. The Labute approximate surface area is 125 Å². The van der Waals surface area contributed by atoms with E-state index in [1.807, 2.05) is 31.2 Å². The Balaban J connectivity index is 2.35. The quantitative estimate of drug-likeness (QED) is 0.656. The minimum absolute atomic E-state index is 0.0402. The topological polar surface area (TPSA) is 46.5 Å². The highest BCUT2D eigenvalue weighted by molar-refractivity contribution is 6.05. The number of Topliss-reactive ketones (excluding diaryl/α,β-unsaturated/α-hetero) is 1. The Morgan fingerprint density at radius 2 is 2.00 bits per heavy atom. The zero-order valence-electron chi connectivity index (χ0n) is 12.6. The molecule has 3 nitrogen and oxygen atoms in total. The highest BCUT2D eigenvalue weighted by atomic mass is 16.5. The maximum atomic E-state index is 12.4. The van der Waals surface area contributed by atoms with Crippen molar-refractivity contribution in [1.29, 1.82) is 0 Å². The monoisotopic (exact) mass is 286 g/mol. The number of carbonyl (C=O) groups excluding carboxylic acids is 1. The fourth-order valence-corrected chi connectivity index (χ4v) is 2.77. The Morgan fingerprint density at radius 3 is 2.57 bits per heavy atom. The lowest BCUT2D eigenvalue weighted by Gasteiger charge is -2.32. The van der Waals surface area contributed by atoms with Crippen molar-refractivity contribution in [3.63, 3.8) is 0 Å². The molecule has 1 N–H and O–H groups in total. The van der Waals surface area contributed by atoms with Crippen molar-refractivity contribution in [3.8, 4) is 0 Å². The number of carbonyl (C=O) groups is 1. The molecule has 1 aliphatic carbocycles. The van der Waals surface area contributed by atoms with Crippen LogP contribution in [-0.4, -0.2) is 23.1 Å². The van der Waals surface area contributed by atoms with Crippen molar-refractivity contribution >= 4 is 11.5 Å². The van der Waals surface area contributed by atoms with Gasteiger partial charge in [0.05, 0.1) is 11.2 Å². The molecule has 112 valence electrons. The minimum atomic E-state index is -0.513. The Kier molecular flexibility index (Phi) is 4.97. The van der Waals surface area contributed by atoms with E-state index in [0.717, 1.165) is 12.8 Å². The highest BCUT2D eigenvalue weighted by Crippen LogP contribution is 2.33. The third kappa shape index (κ3) is 3.42. The zero-order chi connectivity index (χ0) is 15.3. The van der Waals surface area contributed by atoms with Gasteiger partial charge in [-0.2, -0.15) is 0 Å². The molecule has 1 atom stereocenters. The number of benzene rings is 1. The normalized spacial score (nSPS) is 24.2. The predicted octanol–water partition coefficient (Wildman–Crippen LogP) is 4.06. The summed E-state index contributed by atoms with van der Waals surface area (Å²) < 4.78 is 5.80. The molecular formula is C18H22O3. The molecule has 0 saturated carbocycles.